The number of halogens is 2. The molecule has 0 aliphatic carbocycles. The van der Waals surface area contributed by atoms with Gasteiger partial charge in [0.1, 0.15) is 6.10 Å². The fraction of sp³-hybridized carbons (Fsp3) is 0.333. The molecule has 3 N–H and O–H groups in total. The maximum Gasteiger partial charge on any atom is 0.387 e. The summed E-state index contributed by atoms with van der Waals surface area (Å²) in [6, 6.07) is 6.92. The molecular weight excluding hydrogens is 278 g/mol. The van der Waals surface area contributed by atoms with Gasteiger partial charge in [0, 0.05) is 0 Å². The van der Waals surface area contributed by atoms with Gasteiger partial charge in [-0.3, -0.25) is 0 Å². The van der Waals surface area contributed by atoms with Crippen LogP contribution >= 0.6 is 0 Å². The lowest BCUT2D eigenvalue weighted by atomic mass is 10.1. The van der Waals surface area contributed by atoms with Crippen molar-refractivity contribution in [2.24, 2.45) is 0 Å². The molecule has 0 heterocycles. The van der Waals surface area contributed by atoms with E-state index in [0.29, 0.717) is 0 Å². The number of hydrogen-bond acceptors (Lipinski definition) is 6. The first-order valence-electron chi connectivity index (χ1n) is 5.47. The number of alkyl halides is 2. The summed E-state index contributed by atoms with van der Waals surface area (Å²) in [5, 5.41) is 26.4. The second-order valence-corrected chi connectivity index (χ2v) is 3.86. The number of esters is 2. The summed E-state index contributed by atoms with van der Waals surface area (Å²) in [5.41, 5.74) is -0.131. The zero-order chi connectivity index (χ0) is 15.3. The molecule has 0 radical (unpaired) electrons. The smallest absolute Gasteiger partial charge is 0.387 e. The van der Waals surface area contributed by atoms with E-state index >= 15 is 0 Å². The first kappa shape index (κ1) is 16.2. The van der Waals surface area contributed by atoms with E-state index in [1.807, 2.05) is 0 Å². The minimum Gasteiger partial charge on any atom is -0.394 e. The molecule has 0 saturated carbocycles. The van der Waals surface area contributed by atoms with Crippen LogP contribution in [0.25, 0.3) is 0 Å². The highest BCUT2D eigenvalue weighted by molar-refractivity contribution is 5.98. The van der Waals surface area contributed by atoms with Crippen LogP contribution in [-0.2, 0) is 9.53 Å². The predicted octanol–water partition coefficient (Wildman–Crippen LogP) is -0.281. The van der Waals surface area contributed by atoms with Crippen LogP contribution in [0.1, 0.15) is 10.4 Å². The van der Waals surface area contributed by atoms with Crippen LogP contribution in [0.4, 0.5) is 8.78 Å². The Labute approximate surface area is 112 Å². The molecule has 0 aromatic heterocycles. The van der Waals surface area contributed by atoms with Crippen molar-refractivity contribution in [1.82, 2.24) is 0 Å². The van der Waals surface area contributed by atoms with Gasteiger partial charge in [-0.25, -0.2) is 9.59 Å². The first-order valence-corrected chi connectivity index (χ1v) is 5.47. The molecule has 0 fully saturated rings. The van der Waals surface area contributed by atoms with Crippen molar-refractivity contribution in [3.63, 3.8) is 0 Å². The van der Waals surface area contributed by atoms with Gasteiger partial charge in [-0.2, -0.15) is 8.78 Å². The lowest BCUT2D eigenvalue weighted by molar-refractivity contribution is -0.196. The lowest BCUT2D eigenvalue weighted by Crippen LogP contribution is -2.50. The molecule has 0 aliphatic rings. The Bertz CT molecular complexity index is 476. The van der Waals surface area contributed by atoms with Crippen molar-refractivity contribution < 1.29 is 38.4 Å². The normalized spacial score (nSPS) is 14.4. The zero-order valence-corrected chi connectivity index (χ0v) is 10.1. The van der Waals surface area contributed by atoms with Crippen LogP contribution in [0.5, 0.6) is 0 Å². The standard InChI is InChI=1S/C12H12F2O6/c13-12(14,9(17)8(16)6-15)11(19)20-10(18)7-4-2-1-3-5-7/h1-5,8-9,15-17H,6H2/t8-,9-/m1/s1. The van der Waals surface area contributed by atoms with Crippen molar-refractivity contribution in [3.05, 3.63) is 35.9 Å². The van der Waals surface area contributed by atoms with E-state index in [0.717, 1.165) is 0 Å². The quantitative estimate of drug-likeness (QED) is 0.509. The molecule has 0 spiro atoms. The number of benzene rings is 1. The van der Waals surface area contributed by atoms with Crippen LogP contribution in [0.15, 0.2) is 30.3 Å². The molecule has 0 bridgehead atoms. The van der Waals surface area contributed by atoms with Crippen LogP contribution < -0.4 is 0 Å². The van der Waals surface area contributed by atoms with Gasteiger partial charge in [0.05, 0.1) is 12.2 Å². The van der Waals surface area contributed by atoms with E-state index in [2.05, 4.69) is 4.74 Å². The Kier molecular flexibility index (Phi) is 5.26. The van der Waals surface area contributed by atoms with Gasteiger partial charge in [-0.1, -0.05) is 18.2 Å². The monoisotopic (exact) mass is 290 g/mol. The van der Waals surface area contributed by atoms with Crippen LogP contribution in [-0.4, -0.2) is 52.0 Å². The van der Waals surface area contributed by atoms with Gasteiger partial charge >= 0.3 is 17.9 Å². The van der Waals surface area contributed by atoms with E-state index in [1.165, 1.54) is 24.3 Å². The number of rotatable bonds is 5. The third-order valence-corrected chi connectivity index (χ3v) is 2.39. The van der Waals surface area contributed by atoms with Crippen molar-refractivity contribution >= 4 is 11.9 Å². The molecule has 8 heteroatoms. The number of aliphatic hydroxyl groups is 3. The first-order chi connectivity index (χ1) is 9.30. The lowest BCUT2D eigenvalue weighted by Gasteiger charge is -2.23. The molecule has 0 unspecified atom stereocenters. The summed E-state index contributed by atoms with van der Waals surface area (Å²) < 4.78 is 30.7. The van der Waals surface area contributed by atoms with Gasteiger partial charge in [-0.05, 0) is 12.1 Å². The molecule has 0 amide bonds. The van der Waals surface area contributed by atoms with Crippen LogP contribution in [0.2, 0.25) is 0 Å². The Hall–Kier alpha value is -1.90. The summed E-state index contributed by atoms with van der Waals surface area (Å²) in [6.45, 7) is -1.18. The van der Waals surface area contributed by atoms with E-state index < -0.39 is 36.7 Å². The average molecular weight is 290 g/mol. The highest BCUT2D eigenvalue weighted by atomic mass is 19.3. The van der Waals surface area contributed by atoms with Crippen LogP contribution in [0.3, 0.4) is 0 Å². The second-order valence-electron chi connectivity index (χ2n) is 3.86. The highest BCUT2D eigenvalue weighted by Crippen LogP contribution is 2.23. The molecule has 1 rings (SSSR count). The summed E-state index contributed by atoms with van der Waals surface area (Å²) in [7, 11) is 0. The largest absolute Gasteiger partial charge is 0.394 e. The van der Waals surface area contributed by atoms with E-state index in [1.54, 1.807) is 6.07 Å². The van der Waals surface area contributed by atoms with Crippen molar-refractivity contribution in [2.75, 3.05) is 6.61 Å². The van der Waals surface area contributed by atoms with Gasteiger partial charge in [0.15, 0.2) is 6.10 Å². The van der Waals surface area contributed by atoms with Gasteiger partial charge in [-0.15, -0.1) is 0 Å². The molecule has 6 nitrogen and oxygen atoms in total. The van der Waals surface area contributed by atoms with Gasteiger partial charge < -0.3 is 20.1 Å². The Morgan fingerprint density at radius 2 is 1.75 bits per heavy atom. The molecule has 2 atom stereocenters. The third kappa shape index (κ3) is 3.56. The molecule has 20 heavy (non-hydrogen) atoms. The van der Waals surface area contributed by atoms with E-state index in [9.17, 15) is 18.4 Å². The molecule has 1 aromatic rings. The number of aliphatic hydroxyl groups excluding tert-OH is 3. The fourth-order valence-electron chi connectivity index (χ4n) is 1.25. The van der Waals surface area contributed by atoms with Crippen LogP contribution in [0, 0.1) is 0 Å². The summed E-state index contributed by atoms with van der Waals surface area (Å²) in [5.74, 6) is -8.17. The van der Waals surface area contributed by atoms with Gasteiger partial charge in [0.2, 0.25) is 0 Å². The zero-order valence-electron chi connectivity index (χ0n) is 10.1. The second kappa shape index (κ2) is 6.51. The predicted molar refractivity (Wildman–Crippen MR) is 60.9 cm³/mol. The number of hydrogen-bond donors (Lipinski definition) is 3. The average Bonchev–Trinajstić information content (AvgIpc) is 2.46. The fourth-order valence-corrected chi connectivity index (χ4v) is 1.25. The van der Waals surface area contributed by atoms with Crippen molar-refractivity contribution in [1.29, 1.82) is 0 Å². The maximum atomic E-state index is 13.4. The number of ether oxygens (including phenoxy) is 1. The molecule has 1 aromatic carbocycles. The van der Waals surface area contributed by atoms with Gasteiger partial charge in [0.25, 0.3) is 0 Å². The van der Waals surface area contributed by atoms with Crippen molar-refractivity contribution in [2.45, 2.75) is 18.1 Å². The Morgan fingerprint density at radius 3 is 2.25 bits per heavy atom. The highest BCUT2D eigenvalue weighted by Gasteiger charge is 2.52. The number of carbonyl (C=O) groups is 2. The molecule has 0 saturated heterocycles. The molecule has 110 valence electrons. The summed E-state index contributed by atoms with van der Waals surface area (Å²) >= 11 is 0. The Balaban J connectivity index is 2.77. The molecule has 0 aliphatic heterocycles. The topological polar surface area (TPSA) is 104 Å². The maximum absolute atomic E-state index is 13.4. The number of carbonyl (C=O) groups excluding carboxylic acids is 2. The molecular formula is C12H12F2O6. The Morgan fingerprint density at radius 1 is 1.20 bits per heavy atom. The SMILES string of the molecule is O=C(OC(=O)C(F)(F)[C@H](O)[C@H](O)CO)c1ccccc1. The third-order valence-electron chi connectivity index (χ3n) is 2.39. The van der Waals surface area contributed by atoms with E-state index in [-0.39, 0.29) is 5.56 Å². The van der Waals surface area contributed by atoms with Crippen molar-refractivity contribution in [3.8, 4) is 0 Å². The summed E-state index contributed by atoms with van der Waals surface area (Å²) in [4.78, 5) is 22.6. The van der Waals surface area contributed by atoms with E-state index in [4.69, 9.17) is 15.3 Å². The summed E-state index contributed by atoms with van der Waals surface area (Å²) in [6.07, 6.45) is -5.13. The minimum absolute atomic E-state index is 0.131. The minimum atomic E-state index is -4.54.